The fourth-order valence-corrected chi connectivity index (χ4v) is 3.55. The van der Waals surface area contributed by atoms with Gasteiger partial charge in [-0.2, -0.15) is 0 Å². The van der Waals surface area contributed by atoms with E-state index in [9.17, 15) is 4.79 Å². The number of carbonyl (C=O) groups is 1. The molecule has 0 saturated heterocycles. The highest BCUT2D eigenvalue weighted by Crippen LogP contribution is 2.44. The van der Waals surface area contributed by atoms with Crippen molar-refractivity contribution >= 4 is 23.1 Å². The van der Waals surface area contributed by atoms with Gasteiger partial charge in [-0.15, -0.1) is 21.5 Å². The molecule has 2 N–H and O–H groups in total. The lowest BCUT2D eigenvalue weighted by molar-refractivity contribution is 0.255. The van der Waals surface area contributed by atoms with Gasteiger partial charge in [0.05, 0.1) is 0 Å². The summed E-state index contributed by atoms with van der Waals surface area (Å²) < 4.78 is 0. The first-order chi connectivity index (χ1) is 10.8. The van der Waals surface area contributed by atoms with Gasteiger partial charge in [-0.05, 0) is 42.7 Å². The fraction of sp³-hybridized carbons (Fsp3) is 0.312. The van der Waals surface area contributed by atoms with Crippen molar-refractivity contribution < 1.29 is 4.79 Å². The summed E-state index contributed by atoms with van der Waals surface area (Å²) in [6.07, 6.45) is 5.08. The molecule has 1 aromatic carbocycles. The highest BCUT2D eigenvalue weighted by Gasteiger charge is 2.32. The first kappa shape index (κ1) is 14.7. The largest absolute Gasteiger partial charge is 0.323 e. The molecule has 1 heterocycles. The molecular formula is C16H18N4OS. The molecule has 1 aromatic heterocycles. The monoisotopic (exact) mass is 314 g/mol. The van der Waals surface area contributed by atoms with Crippen LogP contribution in [0.15, 0.2) is 42.6 Å². The number of rotatable bonds is 5. The Morgan fingerprint density at radius 3 is 2.95 bits per heavy atom. The molecule has 1 atom stereocenters. The molecular weight excluding hydrogens is 296 g/mol. The zero-order valence-corrected chi connectivity index (χ0v) is 13.0. The molecule has 2 aromatic rings. The Kier molecular flexibility index (Phi) is 4.48. The number of aromatic nitrogens is 2. The van der Waals surface area contributed by atoms with Crippen LogP contribution in [-0.4, -0.2) is 16.2 Å². The second-order valence-electron chi connectivity index (χ2n) is 5.37. The highest BCUT2D eigenvalue weighted by molar-refractivity contribution is 7.09. The summed E-state index contributed by atoms with van der Waals surface area (Å²) >= 11 is 1.60. The minimum atomic E-state index is -0.289. The van der Waals surface area contributed by atoms with E-state index in [1.54, 1.807) is 16.8 Å². The quantitative estimate of drug-likeness (QED) is 0.883. The second kappa shape index (κ2) is 6.70. The van der Waals surface area contributed by atoms with Crippen molar-refractivity contribution in [3.05, 3.63) is 53.1 Å². The molecule has 0 unspecified atom stereocenters. The van der Waals surface area contributed by atoms with E-state index in [0.717, 1.165) is 10.7 Å². The normalized spacial score (nSPS) is 15.6. The van der Waals surface area contributed by atoms with Crippen LogP contribution in [0.25, 0.3) is 0 Å². The molecule has 6 heteroatoms. The predicted molar refractivity (Wildman–Crippen MR) is 87.9 cm³/mol. The molecule has 5 nitrogen and oxygen atoms in total. The smallest absolute Gasteiger partial charge is 0.315 e. The van der Waals surface area contributed by atoms with Crippen molar-refractivity contribution in [3.8, 4) is 0 Å². The van der Waals surface area contributed by atoms with Crippen LogP contribution in [0.5, 0.6) is 0 Å². The average Bonchev–Trinajstić information content (AvgIpc) is 2.96. The van der Waals surface area contributed by atoms with Gasteiger partial charge in [0.15, 0.2) is 0 Å². The van der Waals surface area contributed by atoms with E-state index in [-0.39, 0.29) is 11.9 Å². The van der Waals surface area contributed by atoms with Crippen LogP contribution in [0, 0.1) is 5.92 Å². The Morgan fingerprint density at radius 1 is 1.45 bits per heavy atom. The topological polar surface area (TPSA) is 66.9 Å². The van der Waals surface area contributed by atoms with Gasteiger partial charge in [-0.3, -0.25) is 0 Å². The minimum Gasteiger partial charge on any atom is -0.315 e. The predicted octanol–water partition coefficient (Wildman–Crippen LogP) is 3.74. The van der Waals surface area contributed by atoms with E-state index in [4.69, 9.17) is 0 Å². The molecule has 0 radical (unpaired) electrons. The third kappa shape index (κ3) is 3.17. The molecule has 0 bridgehead atoms. The minimum absolute atomic E-state index is 0.269. The maximum Gasteiger partial charge on any atom is 0.323 e. The maximum absolute atomic E-state index is 11.6. The van der Waals surface area contributed by atoms with E-state index in [0.29, 0.717) is 5.92 Å². The van der Waals surface area contributed by atoms with Crippen LogP contribution in [0.2, 0.25) is 0 Å². The van der Waals surface area contributed by atoms with Gasteiger partial charge in [0, 0.05) is 11.6 Å². The zero-order valence-electron chi connectivity index (χ0n) is 12.2. The second-order valence-corrected chi connectivity index (χ2v) is 6.24. The molecule has 3 rings (SSSR count). The van der Waals surface area contributed by atoms with E-state index >= 15 is 0 Å². The maximum atomic E-state index is 11.6. The zero-order chi connectivity index (χ0) is 15.4. The number of urea groups is 1. The van der Waals surface area contributed by atoms with Crippen molar-refractivity contribution in [1.29, 1.82) is 0 Å². The summed E-state index contributed by atoms with van der Waals surface area (Å²) in [5, 5.41) is 14.6. The summed E-state index contributed by atoms with van der Waals surface area (Å²) in [4.78, 5) is 11.6. The van der Waals surface area contributed by atoms with Crippen LogP contribution >= 0.6 is 11.3 Å². The standard InChI is InChI=1S/C16H18N4OS/c1-2-17-16(21)19-13-8-4-7-12(9-13)14(11-5-3-6-11)15-20-18-10-22-15/h2,4,7-11,14H,1,3,5-6H2,(H2,17,19,21)/t14-/m1/s1. The van der Waals surface area contributed by atoms with Crippen molar-refractivity contribution in [2.45, 2.75) is 25.2 Å². The summed E-state index contributed by atoms with van der Waals surface area (Å²) in [7, 11) is 0. The van der Waals surface area contributed by atoms with Crippen LogP contribution in [-0.2, 0) is 0 Å². The molecule has 2 amide bonds. The Bertz CT molecular complexity index is 652. The number of nitrogens with one attached hydrogen (secondary N) is 2. The first-order valence-electron chi connectivity index (χ1n) is 7.32. The van der Waals surface area contributed by atoms with Crippen LogP contribution < -0.4 is 10.6 Å². The van der Waals surface area contributed by atoms with Gasteiger partial charge in [0.25, 0.3) is 0 Å². The number of hydrogen-bond donors (Lipinski definition) is 2. The van der Waals surface area contributed by atoms with Gasteiger partial charge in [0.1, 0.15) is 10.5 Å². The van der Waals surface area contributed by atoms with Gasteiger partial charge in [0.2, 0.25) is 0 Å². The lowest BCUT2D eigenvalue weighted by atomic mass is 9.73. The lowest BCUT2D eigenvalue weighted by Gasteiger charge is -2.32. The number of carbonyl (C=O) groups excluding carboxylic acids is 1. The Balaban J connectivity index is 1.85. The fourth-order valence-electron chi connectivity index (χ4n) is 2.78. The SMILES string of the molecule is C=CNC(=O)Nc1cccc([C@H](c2nncs2)C2CCC2)c1. The number of anilines is 1. The molecule has 1 saturated carbocycles. The summed E-state index contributed by atoms with van der Waals surface area (Å²) in [5.74, 6) is 0.885. The molecule has 1 fully saturated rings. The summed E-state index contributed by atoms with van der Waals surface area (Å²) in [6.45, 7) is 3.48. The Morgan fingerprint density at radius 2 is 2.32 bits per heavy atom. The van der Waals surface area contributed by atoms with Crippen molar-refractivity contribution in [2.24, 2.45) is 5.92 Å². The van der Waals surface area contributed by atoms with Crippen molar-refractivity contribution in [3.63, 3.8) is 0 Å². The van der Waals surface area contributed by atoms with Crippen LogP contribution in [0.3, 0.4) is 0 Å². The average molecular weight is 314 g/mol. The third-order valence-electron chi connectivity index (χ3n) is 4.00. The number of hydrogen-bond acceptors (Lipinski definition) is 4. The van der Waals surface area contributed by atoms with E-state index in [2.05, 4.69) is 33.5 Å². The van der Waals surface area contributed by atoms with Gasteiger partial charge < -0.3 is 10.6 Å². The van der Waals surface area contributed by atoms with Gasteiger partial charge >= 0.3 is 6.03 Å². The number of amides is 2. The molecule has 1 aliphatic carbocycles. The highest BCUT2D eigenvalue weighted by atomic mass is 32.1. The third-order valence-corrected chi connectivity index (χ3v) is 4.78. The molecule has 0 spiro atoms. The van der Waals surface area contributed by atoms with E-state index in [1.807, 2.05) is 18.2 Å². The van der Waals surface area contributed by atoms with E-state index in [1.165, 1.54) is 31.0 Å². The van der Waals surface area contributed by atoms with Crippen LogP contribution in [0.1, 0.15) is 35.8 Å². The summed E-state index contributed by atoms with van der Waals surface area (Å²) in [6, 6.07) is 7.67. The van der Waals surface area contributed by atoms with Gasteiger partial charge in [-0.25, -0.2) is 4.79 Å². The summed E-state index contributed by atoms with van der Waals surface area (Å²) in [5.41, 5.74) is 3.73. The first-order valence-corrected chi connectivity index (χ1v) is 8.20. The molecule has 0 aliphatic heterocycles. The van der Waals surface area contributed by atoms with E-state index < -0.39 is 0 Å². The Labute approximate surface area is 133 Å². The molecule has 114 valence electrons. The van der Waals surface area contributed by atoms with Gasteiger partial charge in [-0.1, -0.05) is 25.1 Å². The molecule has 22 heavy (non-hydrogen) atoms. The van der Waals surface area contributed by atoms with Crippen molar-refractivity contribution in [1.82, 2.24) is 15.5 Å². The van der Waals surface area contributed by atoms with Crippen molar-refractivity contribution in [2.75, 3.05) is 5.32 Å². The number of benzene rings is 1. The number of nitrogens with zero attached hydrogens (tertiary/aromatic N) is 2. The molecule has 1 aliphatic rings. The lowest BCUT2D eigenvalue weighted by Crippen LogP contribution is -2.24. The Hall–Kier alpha value is -2.21. The van der Waals surface area contributed by atoms with Crippen LogP contribution in [0.4, 0.5) is 10.5 Å².